The lowest BCUT2D eigenvalue weighted by Crippen LogP contribution is -2.25. The molecule has 1 rings (SSSR count). The SMILES string of the molecule is CCCNS(=O)(=O)c1ccc(N[C@@H](C)CC)c(C(=O)O)c1. The molecule has 0 saturated heterocycles. The Bertz CT molecular complexity index is 599. The maximum Gasteiger partial charge on any atom is 0.337 e. The minimum absolute atomic E-state index is 0.0388. The van der Waals surface area contributed by atoms with Crippen LogP contribution in [0.5, 0.6) is 0 Å². The Balaban J connectivity index is 3.17. The number of aromatic carboxylic acids is 1. The monoisotopic (exact) mass is 314 g/mol. The van der Waals surface area contributed by atoms with Crippen LogP contribution in [0.1, 0.15) is 44.0 Å². The molecule has 6 nitrogen and oxygen atoms in total. The summed E-state index contributed by atoms with van der Waals surface area (Å²) in [6, 6.07) is 4.19. The maximum atomic E-state index is 12.0. The number of hydrogen-bond donors (Lipinski definition) is 3. The van der Waals surface area contributed by atoms with E-state index in [-0.39, 0.29) is 16.5 Å². The van der Waals surface area contributed by atoms with Crippen LogP contribution in [0.3, 0.4) is 0 Å². The predicted octanol–water partition coefficient (Wildman–Crippen LogP) is 2.28. The lowest BCUT2D eigenvalue weighted by atomic mass is 10.1. The standard InChI is InChI=1S/C14H22N2O4S/c1-4-8-15-21(19,20)11-6-7-13(16-10(3)5-2)12(9-11)14(17)18/h6-7,9-10,15-16H,4-5,8H2,1-3H3,(H,17,18)/t10-/m0/s1. The van der Waals surface area contributed by atoms with Crippen LogP contribution in [-0.4, -0.2) is 32.1 Å². The van der Waals surface area contributed by atoms with Gasteiger partial charge in [0.05, 0.1) is 10.5 Å². The molecule has 0 aromatic heterocycles. The smallest absolute Gasteiger partial charge is 0.337 e. The fraction of sp³-hybridized carbons (Fsp3) is 0.500. The van der Waals surface area contributed by atoms with Crippen LogP contribution in [0.15, 0.2) is 23.1 Å². The predicted molar refractivity (Wildman–Crippen MR) is 82.3 cm³/mol. The van der Waals surface area contributed by atoms with Crippen molar-refractivity contribution in [2.75, 3.05) is 11.9 Å². The van der Waals surface area contributed by atoms with E-state index in [2.05, 4.69) is 10.0 Å². The average molecular weight is 314 g/mol. The lowest BCUT2D eigenvalue weighted by Gasteiger charge is -2.16. The van der Waals surface area contributed by atoms with E-state index in [1.54, 1.807) is 0 Å². The molecule has 0 amide bonds. The fourth-order valence-electron chi connectivity index (χ4n) is 1.68. The molecule has 0 aliphatic carbocycles. The van der Waals surface area contributed by atoms with Crippen molar-refractivity contribution in [2.24, 2.45) is 0 Å². The maximum absolute atomic E-state index is 12.0. The van der Waals surface area contributed by atoms with Crippen molar-refractivity contribution >= 4 is 21.7 Å². The lowest BCUT2D eigenvalue weighted by molar-refractivity contribution is 0.0697. The number of benzene rings is 1. The van der Waals surface area contributed by atoms with E-state index < -0.39 is 16.0 Å². The van der Waals surface area contributed by atoms with Gasteiger partial charge in [-0.3, -0.25) is 0 Å². The van der Waals surface area contributed by atoms with Gasteiger partial charge in [0.2, 0.25) is 10.0 Å². The molecule has 0 fully saturated rings. The molecule has 0 aliphatic rings. The molecule has 21 heavy (non-hydrogen) atoms. The summed E-state index contributed by atoms with van der Waals surface area (Å²) < 4.78 is 26.5. The quantitative estimate of drug-likeness (QED) is 0.684. The Morgan fingerprint density at radius 2 is 2.00 bits per heavy atom. The minimum Gasteiger partial charge on any atom is -0.478 e. The Labute approximate surface area is 125 Å². The number of carbonyl (C=O) groups is 1. The fourth-order valence-corrected chi connectivity index (χ4v) is 2.84. The van der Waals surface area contributed by atoms with Gasteiger partial charge in [-0.2, -0.15) is 0 Å². The van der Waals surface area contributed by atoms with Crippen LogP contribution < -0.4 is 10.0 Å². The Morgan fingerprint density at radius 1 is 1.33 bits per heavy atom. The van der Waals surface area contributed by atoms with E-state index >= 15 is 0 Å². The first-order chi connectivity index (χ1) is 9.81. The van der Waals surface area contributed by atoms with Gasteiger partial charge in [0.25, 0.3) is 0 Å². The topological polar surface area (TPSA) is 95.5 Å². The highest BCUT2D eigenvalue weighted by Gasteiger charge is 2.19. The van der Waals surface area contributed by atoms with Crippen LogP contribution >= 0.6 is 0 Å². The zero-order valence-electron chi connectivity index (χ0n) is 12.5. The number of anilines is 1. The van der Waals surface area contributed by atoms with Crippen molar-refractivity contribution in [2.45, 2.75) is 44.6 Å². The number of rotatable bonds is 8. The zero-order chi connectivity index (χ0) is 16.0. The van der Waals surface area contributed by atoms with Crippen molar-refractivity contribution in [1.82, 2.24) is 4.72 Å². The Hall–Kier alpha value is -1.60. The van der Waals surface area contributed by atoms with Gasteiger partial charge in [-0.05, 0) is 38.0 Å². The average Bonchev–Trinajstić information content (AvgIpc) is 2.44. The van der Waals surface area contributed by atoms with E-state index in [0.717, 1.165) is 6.42 Å². The Morgan fingerprint density at radius 3 is 2.52 bits per heavy atom. The summed E-state index contributed by atoms with van der Waals surface area (Å²) in [4.78, 5) is 11.3. The molecule has 1 atom stereocenters. The molecular formula is C14H22N2O4S. The van der Waals surface area contributed by atoms with Crippen LogP contribution in [0, 0.1) is 0 Å². The third-order valence-corrected chi connectivity index (χ3v) is 4.55. The van der Waals surface area contributed by atoms with E-state index in [4.69, 9.17) is 0 Å². The van der Waals surface area contributed by atoms with E-state index in [0.29, 0.717) is 18.7 Å². The second-order valence-electron chi connectivity index (χ2n) is 4.86. The van der Waals surface area contributed by atoms with Crippen LogP contribution in [-0.2, 0) is 10.0 Å². The third kappa shape index (κ3) is 4.71. The Kier molecular flexibility index (Phi) is 6.17. The first-order valence-electron chi connectivity index (χ1n) is 6.95. The molecule has 0 bridgehead atoms. The molecule has 0 heterocycles. The number of hydrogen-bond acceptors (Lipinski definition) is 4. The van der Waals surface area contributed by atoms with Gasteiger partial charge in [0, 0.05) is 18.3 Å². The molecular weight excluding hydrogens is 292 g/mol. The molecule has 0 spiro atoms. The van der Waals surface area contributed by atoms with Gasteiger partial charge >= 0.3 is 5.97 Å². The number of carboxylic acids is 1. The summed E-state index contributed by atoms with van der Waals surface area (Å²) in [5.74, 6) is -1.16. The number of sulfonamides is 1. The van der Waals surface area contributed by atoms with Gasteiger partial charge in [-0.25, -0.2) is 17.9 Å². The second-order valence-corrected chi connectivity index (χ2v) is 6.63. The van der Waals surface area contributed by atoms with Crippen LogP contribution in [0.25, 0.3) is 0 Å². The van der Waals surface area contributed by atoms with Gasteiger partial charge in [0.1, 0.15) is 0 Å². The van der Waals surface area contributed by atoms with Gasteiger partial charge in [-0.15, -0.1) is 0 Å². The molecule has 0 aliphatic heterocycles. The molecule has 1 aromatic rings. The summed E-state index contributed by atoms with van der Waals surface area (Å²) in [6.45, 7) is 6.08. The largest absolute Gasteiger partial charge is 0.478 e. The van der Waals surface area contributed by atoms with Gasteiger partial charge in [-0.1, -0.05) is 13.8 Å². The highest BCUT2D eigenvalue weighted by Crippen LogP contribution is 2.22. The van der Waals surface area contributed by atoms with Crippen LogP contribution in [0.2, 0.25) is 0 Å². The molecule has 0 radical (unpaired) electrons. The van der Waals surface area contributed by atoms with Crippen molar-refractivity contribution < 1.29 is 18.3 Å². The van der Waals surface area contributed by atoms with Crippen molar-refractivity contribution in [3.8, 4) is 0 Å². The van der Waals surface area contributed by atoms with Crippen molar-refractivity contribution in [1.29, 1.82) is 0 Å². The summed E-state index contributed by atoms with van der Waals surface area (Å²) >= 11 is 0. The molecule has 7 heteroatoms. The molecule has 0 saturated carbocycles. The van der Waals surface area contributed by atoms with E-state index in [1.165, 1.54) is 18.2 Å². The summed E-state index contributed by atoms with van der Waals surface area (Å²) in [6.07, 6.45) is 1.50. The van der Waals surface area contributed by atoms with Gasteiger partial charge in [0.15, 0.2) is 0 Å². The molecule has 118 valence electrons. The summed E-state index contributed by atoms with van der Waals surface area (Å²) in [7, 11) is -3.67. The van der Waals surface area contributed by atoms with Crippen LogP contribution in [0.4, 0.5) is 5.69 Å². The highest BCUT2D eigenvalue weighted by molar-refractivity contribution is 7.89. The molecule has 0 unspecified atom stereocenters. The summed E-state index contributed by atoms with van der Waals surface area (Å²) in [5, 5.41) is 12.3. The number of carboxylic acid groups (broad SMARTS) is 1. The minimum atomic E-state index is -3.67. The highest BCUT2D eigenvalue weighted by atomic mass is 32.2. The van der Waals surface area contributed by atoms with E-state index in [1.807, 2.05) is 20.8 Å². The number of nitrogens with one attached hydrogen (secondary N) is 2. The first kappa shape index (κ1) is 17.5. The normalized spacial score (nSPS) is 12.9. The first-order valence-corrected chi connectivity index (χ1v) is 8.43. The van der Waals surface area contributed by atoms with Gasteiger partial charge < -0.3 is 10.4 Å². The van der Waals surface area contributed by atoms with Crippen molar-refractivity contribution in [3.63, 3.8) is 0 Å². The third-order valence-electron chi connectivity index (χ3n) is 3.09. The van der Waals surface area contributed by atoms with Crippen molar-refractivity contribution in [3.05, 3.63) is 23.8 Å². The zero-order valence-corrected chi connectivity index (χ0v) is 13.3. The summed E-state index contributed by atoms with van der Waals surface area (Å²) in [5.41, 5.74) is 0.376. The molecule has 1 aromatic carbocycles. The van der Waals surface area contributed by atoms with E-state index in [9.17, 15) is 18.3 Å². The molecule has 3 N–H and O–H groups in total. The second kappa shape index (κ2) is 7.42.